The summed E-state index contributed by atoms with van der Waals surface area (Å²) in [6.45, 7) is 0.570. The Kier molecular flexibility index (Phi) is 2.49. The first-order valence-electron chi connectivity index (χ1n) is 7.05. The predicted octanol–water partition coefficient (Wildman–Crippen LogP) is 0.857. The van der Waals surface area contributed by atoms with Gasteiger partial charge in [-0.25, -0.2) is 0 Å². The average molecular weight is 272 g/mol. The van der Waals surface area contributed by atoms with Crippen molar-refractivity contribution in [2.75, 3.05) is 13.2 Å². The molecular formula is C15H16N2O3. The number of rotatable bonds is 2. The van der Waals surface area contributed by atoms with Gasteiger partial charge in [-0.15, -0.1) is 0 Å². The Morgan fingerprint density at radius 1 is 1.20 bits per heavy atom. The molecule has 1 aromatic carbocycles. The molecule has 2 atom stereocenters. The molecule has 2 unspecified atom stereocenters. The maximum absolute atomic E-state index is 12.6. The smallest absolute Gasteiger partial charge is 0.246 e. The zero-order chi connectivity index (χ0) is 13.7. The van der Waals surface area contributed by atoms with E-state index in [0.717, 1.165) is 24.2 Å². The lowest BCUT2D eigenvalue weighted by atomic mass is 10.0. The van der Waals surface area contributed by atoms with Crippen LogP contribution in [0.15, 0.2) is 24.3 Å². The van der Waals surface area contributed by atoms with Gasteiger partial charge in [0.2, 0.25) is 11.8 Å². The van der Waals surface area contributed by atoms with Gasteiger partial charge in [-0.1, -0.05) is 18.2 Å². The minimum absolute atomic E-state index is 0.0393. The predicted molar refractivity (Wildman–Crippen MR) is 71.0 cm³/mol. The Bertz CT molecular complexity index is 582. The van der Waals surface area contributed by atoms with Gasteiger partial charge in [-0.3, -0.25) is 9.59 Å². The van der Waals surface area contributed by atoms with Gasteiger partial charge in [0.15, 0.2) is 0 Å². The Morgan fingerprint density at radius 2 is 2.00 bits per heavy atom. The monoisotopic (exact) mass is 272 g/mol. The summed E-state index contributed by atoms with van der Waals surface area (Å²) >= 11 is 0. The highest BCUT2D eigenvalue weighted by Crippen LogP contribution is 2.39. The average Bonchev–Trinajstić information content (AvgIpc) is 3.21. The first kappa shape index (κ1) is 11.8. The highest BCUT2D eigenvalue weighted by molar-refractivity contribution is 5.95. The summed E-state index contributed by atoms with van der Waals surface area (Å²) < 4.78 is 5.63. The van der Waals surface area contributed by atoms with Crippen LogP contribution in [-0.4, -0.2) is 35.9 Å². The van der Waals surface area contributed by atoms with Gasteiger partial charge in [-0.2, -0.15) is 0 Å². The fourth-order valence-electron chi connectivity index (χ4n) is 3.11. The van der Waals surface area contributed by atoms with E-state index in [1.807, 2.05) is 24.3 Å². The maximum Gasteiger partial charge on any atom is 0.246 e. The molecule has 104 valence electrons. The van der Waals surface area contributed by atoms with E-state index < -0.39 is 0 Å². The largest absolute Gasteiger partial charge is 0.491 e. The highest BCUT2D eigenvalue weighted by Gasteiger charge is 2.46. The number of nitrogens with zero attached hydrogens (tertiary/aromatic N) is 1. The van der Waals surface area contributed by atoms with Crippen molar-refractivity contribution in [1.29, 1.82) is 0 Å². The molecule has 0 aromatic heterocycles. The molecule has 5 nitrogen and oxygen atoms in total. The van der Waals surface area contributed by atoms with Gasteiger partial charge < -0.3 is 15.0 Å². The van der Waals surface area contributed by atoms with E-state index in [0.29, 0.717) is 12.5 Å². The lowest BCUT2D eigenvalue weighted by Gasteiger charge is -2.36. The van der Waals surface area contributed by atoms with Crippen LogP contribution in [0, 0.1) is 5.92 Å². The van der Waals surface area contributed by atoms with E-state index in [-0.39, 0.29) is 30.4 Å². The molecule has 20 heavy (non-hydrogen) atoms. The first-order chi connectivity index (χ1) is 9.74. The third kappa shape index (κ3) is 1.77. The molecule has 1 aromatic rings. The zero-order valence-corrected chi connectivity index (χ0v) is 11.0. The topological polar surface area (TPSA) is 58.6 Å². The Hall–Kier alpha value is -2.04. The summed E-state index contributed by atoms with van der Waals surface area (Å²) in [6, 6.07) is 7.27. The fourth-order valence-corrected chi connectivity index (χ4v) is 3.11. The Morgan fingerprint density at radius 3 is 2.80 bits per heavy atom. The third-order valence-electron chi connectivity index (χ3n) is 4.32. The molecule has 0 spiro atoms. The standard InChI is InChI=1S/C15H16N2O3/c18-13-7-17(15(19)14(16-13)9-5-6-9)11-8-20-12-4-2-1-3-10(11)12/h1-4,9,11,14H,5-8H2,(H,16,18). The van der Waals surface area contributed by atoms with Gasteiger partial charge >= 0.3 is 0 Å². The number of carbonyl (C=O) groups is 2. The second kappa shape index (κ2) is 4.23. The van der Waals surface area contributed by atoms with Crippen molar-refractivity contribution in [3.63, 3.8) is 0 Å². The number of benzene rings is 1. The van der Waals surface area contributed by atoms with Crippen LogP contribution in [0.2, 0.25) is 0 Å². The second-order valence-electron chi connectivity index (χ2n) is 5.71. The summed E-state index contributed by atoms with van der Waals surface area (Å²) in [7, 11) is 0. The van der Waals surface area contributed by atoms with Gasteiger partial charge in [0.05, 0.1) is 6.04 Å². The molecule has 5 heteroatoms. The minimum Gasteiger partial charge on any atom is -0.491 e. The van der Waals surface area contributed by atoms with E-state index in [1.54, 1.807) is 4.90 Å². The lowest BCUT2D eigenvalue weighted by Crippen LogP contribution is -2.59. The molecule has 0 radical (unpaired) electrons. The number of fused-ring (bicyclic) bond motifs is 1. The first-order valence-corrected chi connectivity index (χ1v) is 7.05. The number of nitrogens with one attached hydrogen (secondary N) is 1. The van der Waals surface area contributed by atoms with Crippen molar-refractivity contribution >= 4 is 11.8 Å². The van der Waals surface area contributed by atoms with Crippen molar-refractivity contribution in [2.45, 2.75) is 24.9 Å². The van der Waals surface area contributed by atoms with Crippen LogP contribution < -0.4 is 10.1 Å². The summed E-state index contributed by atoms with van der Waals surface area (Å²) in [5, 5.41) is 2.83. The highest BCUT2D eigenvalue weighted by atomic mass is 16.5. The number of hydrogen-bond acceptors (Lipinski definition) is 3. The van der Waals surface area contributed by atoms with Crippen LogP contribution >= 0.6 is 0 Å². The summed E-state index contributed by atoms with van der Waals surface area (Å²) in [6.07, 6.45) is 2.06. The number of carbonyl (C=O) groups excluding carboxylic acids is 2. The second-order valence-corrected chi connectivity index (χ2v) is 5.71. The van der Waals surface area contributed by atoms with Crippen LogP contribution in [0.3, 0.4) is 0 Å². The molecule has 1 N–H and O–H groups in total. The molecule has 1 saturated heterocycles. The lowest BCUT2D eigenvalue weighted by molar-refractivity contribution is -0.147. The summed E-state index contributed by atoms with van der Waals surface area (Å²) in [5.74, 6) is 1.12. The van der Waals surface area contributed by atoms with Gasteiger partial charge in [0.1, 0.15) is 24.9 Å². The molecule has 1 aliphatic carbocycles. The maximum atomic E-state index is 12.6. The van der Waals surface area contributed by atoms with E-state index in [2.05, 4.69) is 5.32 Å². The van der Waals surface area contributed by atoms with E-state index >= 15 is 0 Å². The molecule has 1 saturated carbocycles. The van der Waals surface area contributed by atoms with Crippen LogP contribution in [0.1, 0.15) is 24.4 Å². The number of hydrogen-bond donors (Lipinski definition) is 1. The van der Waals surface area contributed by atoms with Crippen molar-refractivity contribution in [3.05, 3.63) is 29.8 Å². The molecule has 2 fully saturated rings. The van der Waals surface area contributed by atoms with Crippen molar-refractivity contribution in [1.82, 2.24) is 10.2 Å². The Labute approximate surface area is 116 Å². The molecule has 2 aliphatic heterocycles. The fraction of sp³-hybridized carbons (Fsp3) is 0.467. The molecular weight excluding hydrogens is 256 g/mol. The quantitative estimate of drug-likeness (QED) is 0.868. The molecule has 4 rings (SSSR count). The number of amides is 2. The number of piperazine rings is 1. The SMILES string of the molecule is O=C1CN(C2COc3ccccc32)C(=O)C(C2CC2)N1. The van der Waals surface area contributed by atoms with Gasteiger partial charge in [0.25, 0.3) is 0 Å². The molecule has 2 amide bonds. The van der Waals surface area contributed by atoms with E-state index in [9.17, 15) is 9.59 Å². The molecule has 0 bridgehead atoms. The van der Waals surface area contributed by atoms with Crippen LogP contribution in [0.5, 0.6) is 5.75 Å². The van der Waals surface area contributed by atoms with Crippen molar-refractivity contribution in [3.8, 4) is 5.75 Å². The van der Waals surface area contributed by atoms with Crippen LogP contribution in [0.4, 0.5) is 0 Å². The van der Waals surface area contributed by atoms with Gasteiger partial charge in [0, 0.05) is 5.56 Å². The third-order valence-corrected chi connectivity index (χ3v) is 4.32. The number of ether oxygens (including phenoxy) is 1. The van der Waals surface area contributed by atoms with Crippen LogP contribution in [-0.2, 0) is 9.59 Å². The number of para-hydroxylation sites is 1. The molecule has 3 aliphatic rings. The van der Waals surface area contributed by atoms with E-state index in [4.69, 9.17) is 4.74 Å². The van der Waals surface area contributed by atoms with Gasteiger partial charge in [-0.05, 0) is 24.8 Å². The van der Waals surface area contributed by atoms with Crippen molar-refractivity contribution in [2.24, 2.45) is 5.92 Å². The minimum atomic E-state index is -0.330. The van der Waals surface area contributed by atoms with Crippen LogP contribution in [0.25, 0.3) is 0 Å². The summed E-state index contributed by atoms with van der Waals surface area (Å²) in [5.41, 5.74) is 1.00. The summed E-state index contributed by atoms with van der Waals surface area (Å²) in [4.78, 5) is 26.2. The zero-order valence-electron chi connectivity index (χ0n) is 11.0. The molecule has 2 heterocycles. The van der Waals surface area contributed by atoms with E-state index in [1.165, 1.54) is 0 Å². The van der Waals surface area contributed by atoms with Crippen molar-refractivity contribution < 1.29 is 14.3 Å². The Balaban J connectivity index is 1.64. The normalized spacial score (nSPS) is 28.9.